The van der Waals surface area contributed by atoms with Crippen LogP contribution < -0.4 is 5.32 Å². The van der Waals surface area contributed by atoms with Crippen LogP contribution in [0.2, 0.25) is 0 Å². The topological polar surface area (TPSA) is 77.0 Å². The summed E-state index contributed by atoms with van der Waals surface area (Å²) in [5.74, 6) is -3.84. The maximum absolute atomic E-state index is 14.8. The van der Waals surface area contributed by atoms with Gasteiger partial charge in [-0.1, -0.05) is 18.2 Å². The summed E-state index contributed by atoms with van der Waals surface area (Å²) in [6.07, 6.45) is 2.77. The number of benzene rings is 1. The van der Waals surface area contributed by atoms with Gasteiger partial charge in [0.1, 0.15) is 13.4 Å². The number of halogens is 2. The van der Waals surface area contributed by atoms with Gasteiger partial charge in [-0.2, -0.15) is 0 Å². The molecule has 1 aliphatic rings. The average molecular weight is 464 g/mol. The van der Waals surface area contributed by atoms with Crippen molar-refractivity contribution in [2.75, 3.05) is 7.11 Å². The third-order valence-electron chi connectivity index (χ3n) is 4.74. The molecular formula is C22H27BF2N2O4S. The number of aliphatic imine (C=N–C) groups is 1. The molecule has 1 N–H and O–H groups in total. The van der Waals surface area contributed by atoms with Gasteiger partial charge >= 0.3 is 12.1 Å². The molecule has 2 rings (SSSR count). The van der Waals surface area contributed by atoms with Crippen LogP contribution in [0.5, 0.6) is 0 Å². The molecule has 10 heteroatoms. The highest BCUT2D eigenvalue weighted by molar-refractivity contribution is 8.13. The molecule has 2 unspecified atom stereocenters. The molecule has 6 nitrogen and oxygen atoms in total. The lowest BCUT2D eigenvalue weighted by atomic mass is 9.79. The molecule has 0 saturated carbocycles. The molecule has 4 atom stereocenters. The van der Waals surface area contributed by atoms with Crippen molar-refractivity contribution in [1.82, 2.24) is 5.32 Å². The van der Waals surface area contributed by atoms with Crippen LogP contribution >= 0.6 is 11.8 Å². The third kappa shape index (κ3) is 7.36. The fourth-order valence-electron chi connectivity index (χ4n) is 3.35. The molecule has 32 heavy (non-hydrogen) atoms. The van der Waals surface area contributed by atoms with E-state index < -0.39 is 52.4 Å². The second kappa shape index (κ2) is 11.5. The number of nitrogens with one attached hydrogen (secondary N) is 1. The first-order valence-corrected chi connectivity index (χ1v) is 11.1. The summed E-state index contributed by atoms with van der Waals surface area (Å²) in [5, 5.41) is 2.37. The van der Waals surface area contributed by atoms with E-state index in [4.69, 9.17) is 12.6 Å². The molecule has 0 spiro atoms. The normalized spacial score (nSPS) is 20.2. The number of hydrogen-bond acceptors (Lipinski definition) is 6. The summed E-state index contributed by atoms with van der Waals surface area (Å²) in [4.78, 5) is 28.1. The van der Waals surface area contributed by atoms with Gasteiger partial charge in [-0.15, -0.1) is 11.8 Å². The van der Waals surface area contributed by atoms with Crippen molar-refractivity contribution in [3.63, 3.8) is 0 Å². The lowest BCUT2D eigenvalue weighted by molar-refractivity contribution is -0.134. The SMILES string of the molecule is [B]C1N=CSC1[C@@H](NC(=O)OC(C)(C)C)[C@@H](CC/C=C/C(=O)OC)c1cccc(F)c1F. The number of allylic oxidation sites excluding steroid dienone is 1. The Morgan fingerprint density at radius 3 is 2.66 bits per heavy atom. The predicted octanol–water partition coefficient (Wildman–Crippen LogP) is 4.09. The standard InChI is InChI=1S/C22H27BF2N2O4S/c1-22(2,3)31-21(29)27-18(19-20(23)26-12-32-19)14(8-5-6-11-16(28)30-4)13-9-7-10-15(24)17(13)25/h6-7,9-12,14,18-20H,5,8H2,1-4H3,(H,27,29)/b11-6+/t14-,18-,19?,20?/m0/s1. The zero-order valence-corrected chi connectivity index (χ0v) is 19.3. The van der Waals surface area contributed by atoms with Gasteiger partial charge in [0.25, 0.3) is 0 Å². The predicted molar refractivity (Wildman–Crippen MR) is 122 cm³/mol. The second-order valence-electron chi connectivity index (χ2n) is 8.27. The Labute approximate surface area is 192 Å². The van der Waals surface area contributed by atoms with E-state index in [-0.39, 0.29) is 12.0 Å². The number of nitrogens with zero attached hydrogens (tertiary/aromatic N) is 1. The fraction of sp³-hybridized carbons (Fsp3) is 0.500. The average Bonchev–Trinajstić information content (AvgIpc) is 3.13. The van der Waals surface area contributed by atoms with Crippen molar-refractivity contribution < 1.29 is 27.8 Å². The zero-order chi connectivity index (χ0) is 23.9. The van der Waals surface area contributed by atoms with E-state index in [2.05, 4.69) is 15.0 Å². The van der Waals surface area contributed by atoms with Crippen LogP contribution in [0.25, 0.3) is 0 Å². The van der Waals surface area contributed by atoms with Crippen molar-refractivity contribution in [2.24, 2.45) is 4.99 Å². The number of ether oxygens (including phenoxy) is 2. The number of esters is 1. The van der Waals surface area contributed by atoms with Gasteiger partial charge in [0.05, 0.1) is 18.7 Å². The summed E-state index contributed by atoms with van der Waals surface area (Å²) >= 11 is 1.30. The number of methoxy groups -OCH3 is 1. The molecular weight excluding hydrogens is 437 g/mol. The smallest absolute Gasteiger partial charge is 0.407 e. The number of amides is 1. The molecule has 1 aliphatic heterocycles. The van der Waals surface area contributed by atoms with E-state index in [1.165, 1.54) is 37.1 Å². The van der Waals surface area contributed by atoms with Crippen LogP contribution in [0, 0.1) is 11.6 Å². The highest BCUT2D eigenvalue weighted by Crippen LogP contribution is 2.36. The van der Waals surface area contributed by atoms with Crippen LogP contribution in [0.1, 0.15) is 45.1 Å². The minimum atomic E-state index is -0.997. The van der Waals surface area contributed by atoms with Crippen molar-refractivity contribution in [2.45, 2.75) is 62.4 Å². The Bertz CT molecular complexity index is 876. The van der Waals surface area contributed by atoms with E-state index in [1.807, 2.05) is 0 Å². The lowest BCUT2D eigenvalue weighted by Crippen LogP contribution is -2.50. The largest absolute Gasteiger partial charge is 0.466 e. The van der Waals surface area contributed by atoms with E-state index >= 15 is 0 Å². The summed E-state index contributed by atoms with van der Waals surface area (Å²) in [6, 6.07) is 3.19. The molecule has 0 aromatic heterocycles. The minimum Gasteiger partial charge on any atom is -0.466 e. The summed E-state index contributed by atoms with van der Waals surface area (Å²) in [5.41, 5.74) is 0.922. The summed E-state index contributed by atoms with van der Waals surface area (Å²) in [6.45, 7) is 5.17. The number of alkyl carbamates (subject to hydrolysis) is 1. The van der Waals surface area contributed by atoms with Gasteiger partial charge in [0.2, 0.25) is 0 Å². The van der Waals surface area contributed by atoms with Crippen LogP contribution in [0.15, 0.2) is 35.3 Å². The molecule has 1 aromatic rings. The highest BCUT2D eigenvalue weighted by Gasteiger charge is 2.38. The van der Waals surface area contributed by atoms with E-state index in [1.54, 1.807) is 32.4 Å². The molecule has 1 amide bonds. The quantitative estimate of drug-likeness (QED) is 0.356. The van der Waals surface area contributed by atoms with Gasteiger partial charge in [-0.3, -0.25) is 4.99 Å². The number of hydrogen-bond donors (Lipinski definition) is 1. The number of carbonyl (C=O) groups excluding carboxylic acids is 2. The minimum absolute atomic E-state index is 0.0947. The van der Waals surface area contributed by atoms with E-state index in [0.717, 1.165) is 6.07 Å². The number of carbonyl (C=O) groups is 2. The van der Waals surface area contributed by atoms with Gasteiger partial charge in [-0.25, -0.2) is 18.4 Å². The fourth-order valence-corrected chi connectivity index (χ4v) is 4.36. The van der Waals surface area contributed by atoms with Crippen LogP contribution in [-0.4, -0.2) is 55.4 Å². The van der Waals surface area contributed by atoms with Crippen LogP contribution in [-0.2, 0) is 14.3 Å². The Balaban J connectivity index is 2.40. The van der Waals surface area contributed by atoms with Gasteiger partial charge in [0, 0.05) is 23.2 Å². The molecule has 1 aromatic carbocycles. The molecule has 1 heterocycles. The first-order valence-electron chi connectivity index (χ1n) is 10.1. The van der Waals surface area contributed by atoms with Gasteiger partial charge < -0.3 is 14.8 Å². The monoisotopic (exact) mass is 464 g/mol. The number of thioether (sulfide) groups is 1. The Hall–Kier alpha value is -2.36. The Morgan fingerprint density at radius 1 is 1.34 bits per heavy atom. The highest BCUT2D eigenvalue weighted by atomic mass is 32.2. The molecule has 2 radical (unpaired) electrons. The maximum Gasteiger partial charge on any atom is 0.407 e. The van der Waals surface area contributed by atoms with Crippen molar-refractivity contribution in [3.05, 3.63) is 47.5 Å². The lowest BCUT2D eigenvalue weighted by Gasteiger charge is -2.34. The van der Waals surface area contributed by atoms with E-state index in [0.29, 0.717) is 6.42 Å². The maximum atomic E-state index is 14.8. The summed E-state index contributed by atoms with van der Waals surface area (Å²) < 4.78 is 38.8. The molecule has 0 saturated heterocycles. The molecule has 0 fully saturated rings. The second-order valence-corrected chi connectivity index (χ2v) is 9.30. The molecule has 0 aliphatic carbocycles. The Kier molecular flexibility index (Phi) is 9.30. The zero-order valence-electron chi connectivity index (χ0n) is 18.5. The third-order valence-corrected chi connectivity index (χ3v) is 5.87. The first kappa shape index (κ1) is 25.9. The van der Waals surface area contributed by atoms with Gasteiger partial charge in [-0.05, 0) is 45.2 Å². The number of rotatable bonds is 8. The van der Waals surface area contributed by atoms with Crippen LogP contribution in [0.3, 0.4) is 0 Å². The first-order chi connectivity index (χ1) is 15.0. The van der Waals surface area contributed by atoms with Crippen LogP contribution in [0.4, 0.5) is 13.6 Å². The van der Waals surface area contributed by atoms with Gasteiger partial charge in [0.15, 0.2) is 11.6 Å². The molecule has 172 valence electrons. The van der Waals surface area contributed by atoms with E-state index in [9.17, 15) is 18.4 Å². The summed E-state index contributed by atoms with van der Waals surface area (Å²) in [7, 11) is 7.39. The van der Waals surface area contributed by atoms with Crippen molar-refractivity contribution in [3.8, 4) is 0 Å². The van der Waals surface area contributed by atoms with Crippen molar-refractivity contribution >= 4 is 37.2 Å². The van der Waals surface area contributed by atoms with Crippen molar-refractivity contribution in [1.29, 1.82) is 0 Å². The Morgan fingerprint density at radius 2 is 2.06 bits per heavy atom. The molecule has 0 bridgehead atoms.